The van der Waals surface area contributed by atoms with E-state index in [0.717, 1.165) is 0 Å². The Balaban J connectivity index is 2.32. The fraction of sp³-hybridized carbons (Fsp3) is 0.125. The molecule has 0 radical (unpaired) electrons. The van der Waals surface area contributed by atoms with Crippen molar-refractivity contribution in [3.05, 3.63) is 70.3 Å². The smallest absolute Gasteiger partial charge is 0.250 e. The minimum absolute atomic E-state index is 0.169. The number of halogens is 2. The molecule has 0 aliphatic heterocycles. The lowest BCUT2D eigenvalue weighted by Gasteiger charge is -2.20. The second-order valence-electron chi connectivity index (χ2n) is 4.95. The van der Waals surface area contributed by atoms with Crippen LogP contribution in [0.2, 0.25) is 5.02 Å². The summed E-state index contributed by atoms with van der Waals surface area (Å²) in [6.45, 7) is 0. The van der Waals surface area contributed by atoms with Gasteiger partial charge in [-0.25, -0.2) is 8.91 Å². The number of methoxy groups -OCH3 is 1. The van der Waals surface area contributed by atoms with Crippen molar-refractivity contribution >= 4 is 23.0 Å². The van der Waals surface area contributed by atoms with Crippen molar-refractivity contribution < 1.29 is 13.9 Å². The van der Waals surface area contributed by atoms with Crippen LogP contribution in [0.5, 0.6) is 0 Å². The Morgan fingerprint density at radius 3 is 2.83 bits per heavy atom. The molecule has 2 N–H and O–H groups in total. The van der Waals surface area contributed by atoms with Gasteiger partial charge in [0.15, 0.2) is 0 Å². The summed E-state index contributed by atoms with van der Waals surface area (Å²) in [5.74, 6) is -1.08. The summed E-state index contributed by atoms with van der Waals surface area (Å²) in [5.41, 5.74) is 7.18. The van der Waals surface area contributed by atoms with Gasteiger partial charge >= 0.3 is 0 Å². The molecule has 0 aliphatic rings. The molecule has 1 unspecified atom stereocenters. The fourth-order valence-corrected chi connectivity index (χ4v) is 2.84. The number of rotatable bonds is 4. The van der Waals surface area contributed by atoms with Crippen molar-refractivity contribution in [3.63, 3.8) is 0 Å². The van der Waals surface area contributed by atoms with E-state index >= 15 is 0 Å². The first kappa shape index (κ1) is 15.5. The normalized spacial score (nSPS) is 12.5. The number of fused-ring (bicyclic) bond motifs is 1. The Morgan fingerprint density at radius 1 is 1.39 bits per heavy atom. The lowest BCUT2D eigenvalue weighted by Crippen LogP contribution is -2.20. The fourth-order valence-electron chi connectivity index (χ4n) is 2.59. The summed E-state index contributed by atoms with van der Waals surface area (Å²) in [6.07, 6.45) is 0.821. The molecule has 7 heteroatoms. The summed E-state index contributed by atoms with van der Waals surface area (Å²) >= 11 is 6.17. The summed E-state index contributed by atoms with van der Waals surface area (Å²) < 4.78 is 20.6. The number of ether oxygens (including phenoxy) is 1. The first-order valence-corrected chi connectivity index (χ1v) is 7.15. The number of hydrogen-bond donors (Lipinski definition) is 1. The molecular formula is C16H13ClFN3O2. The van der Waals surface area contributed by atoms with Crippen molar-refractivity contribution in [2.45, 2.75) is 6.10 Å². The number of amides is 1. The summed E-state index contributed by atoms with van der Waals surface area (Å²) in [4.78, 5) is 11.9. The Hall–Kier alpha value is -2.44. The van der Waals surface area contributed by atoms with E-state index in [1.165, 1.54) is 29.8 Å². The van der Waals surface area contributed by atoms with Crippen LogP contribution in [-0.4, -0.2) is 22.6 Å². The van der Waals surface area contributed by atoms with E-state index in [1.807, 2.05) is 0 Å². The summed E-state index contributed by atoms with van der Waals surface area (Å²) in [5, 5.41) is 4.53. The van der Waals surface area contributed by atoms with Crippen molar-refractivity contribution in [2.75, 3.05) is 7.11 Å². The molecular weight excluding hydrogens is 321 g/mol. The summed E-state index contributed by atoms with van der Waals surface area (Å²) in [6, 6.07) is 9.11. The number of nitrogens with two attached hydrogens (primary N) is 1. The molecule has 0 bridgehead atoms. The average Bonchev–Trinajstić information content (AvgIpc) is 3.00. The van der Waals surface area contributed by atoms with E-state index in [1.54, 1.807) is 24.4 Å². The highest BCUT2D eigenvalue weighted by Crippen LogP contribution is 2.32. The van der Waals surface area contributed by atoms with Crippen LogP contribution in [0.4, 0.5) is 4.39 Å². The number of primary amides is 1. The molecule has 3 rings (SSSR count). The maximum Gasteiger partial charge on any atom is 0.250 e. The second-order valence-corrected chi connectivity index (χ2v) is 5.36. The lowest BCUT2D eigenvalue weighted by atomic mass is 10.0. The number of aromatic nitrogens is 2. The van der Waals surface area contributed by atoms with E-state index < -0.39 is 17.8 Å². The summed E-state index contributed by atoms with van der Waals surface area (Å²) in [7, 11) is 1.46. The molecule has 0 aliphatic carbocycles. The number of hydrogen-bond acceptors (Lipinski definition) is 3. The quantitative estimate of drug-likeness (QED) is 0.798. The zero-order valence-electron chi connectivity index (χ0n) is 12.2. The third-order valence-electron chi connectivity index (χ3n) is 3.56. The third-order valence-corrected chi connectivity index (χ3v) is 3.87. The lowest BCUT2D eigenvalue weighted by molar-refractivity contribution is 0.0983. The van der Waals surface area contributed by atoms with Gasteiger partial charge in [0.25, 0.3) is 5.91 Å². The third kappa shape index (κ3) is 2.67. The molecule has 118 valence electrons. The molecule has 0 spiro atoms. The maximum absolute atomic E-state index is 13.6. The van der Waals surface area contributed by atoms with E-state index in [9.17, 15) is 9.18 Å². The number of pyridine rings is 1. The second kappa shape index (κ2) is 5.98. The molecule has 5 nitrogen and oxygen atoms in total. The van der Waals surface area contributed by atoms with E-state index in [2.05, 4.69) is 5.10 Å². The highest BCUT2D eigenvalue weighted by atomic mass is 35.5. The van der Waals surface area contributed by atoms with Crippen LogP contribution in [0.15, 0.2) is 42.6 Å². The molecule has 2 heterocycles. The van der Waals surface area contributed by atoms with Crippen LogP contribution in [0.3, 0.4) is 0 Å². The molecule has 0 saturated heterocycles. The Labute approximate surface area is 136 Å². The van der Waals surface area contributed by atoms with Gasteiger partial charge in [0, 0.05) is 7.11 Å². The van der Waals surface area contributed by atoms with Crippen LogP contribution >= 0.6 is 11.6 Å². The molecule has 2 aromatic heterocycles. The van der Waals surface area contributed by atoms with Gasteiger partial charge in [-0.15, -0.1) is 0 Å². The predicted molar refractivity (Wildman–Crippen MR) is 84.0 cm³/mol. The average molecular weight is 334 g/mol. The van der Waals surface area contributed by atoms with Gasteiger partial charge in [0.1, 0.15) is 11.9 Å². The molecule has 0 saturated carbocycles. The monoisotopic (exact) mass is 333 g/mol. The molecule has 1 amide bonds. The van der Waals surface area contributed by atoms with Gasteiger partial charge in [-0.1, -0.05) is 23.7 Å². The Kier molecular flexibility index (Phi) is 4.02. The maximum atomic E-state index is 13.6. The van der Waals surface area contributed by atoms with Crippen LogP contribution < -0.4 is 5.73 Å². The number of nitrogens with zero attached hydrogens (tertiary/aromatic N) is 2. The van der Waals surface area contributed by atoms with Gasteiger partial charge in [-0.2, -0.15) is 5.10 Å². The minimum atomic E-state index is -0.729. The number of carbonyl (C=O) groups excluding carboxylic acids is 1. The first-order chi connectivity index (χ1) is 11.0. The van der Waals surface area contributed by atoms with E-state index in [-0.39, 0.29) is 5.56 Å². The Bertz CT molecular complexity index is 894. The van der Waals surface area contributed by atoms with E-state index in [0.29, 0.717) is 21.8 Å². The zero-order valence-corrected chi connectivity index (χ0v) is 12.9. The molecule has 23 heavy (non-hydrogen) atoms. The van der Waals surface area contributed by atoms with Crippen LogP contribution in [0.25, 0.3) is 5.52 Å². The standard InChI is InChI=1S/C16H13ClFN3O2/c1-23-15(9-3-2-4-10(18)7-9)14-11(16(19)22)8-12(17)13-5-6-20-21(13)14/h2-8,15H,1H3,(H2,19,22). The van der Waals surface area contributed by atoms with Crippen molar-refractivity contribution in [3.8, 4) is 0 Å². The largest absolute Gasteiger partial charge is 0.370 e. The van der Waals surface area contributed by atoms with Crippen LogP contribution in [0.1, 0.15) is 27.7 Å². The minimum Gasteiger partial charge on any atom is -0.370 e. The van der Waals surface area contributed by atoms with Gasteiger partial charge in [0.05, 0.1) is 28.0 Å². The van der Waals surface area contributed by atoms with Gasteiger partial charge in [-0.05, 0) is 29.8 Å². The molecule has 1 aromatic carbocycles. The molecule has 1 atom stereocenters. The number of benzene rings is 1. The Morgan fingerprint density at radius 2 is 2.17 bits per heavy atom. The highest BCUT2D eigenvalue weighted by molar-refractivity contribution is 6.34. The molecule has 0 fully saturated rings. The van der Waals surface area contributed by atoms with Crippen LogP contribution in [0, 0.1) is 5.82 Å². The van der Waals surface area contributed by atoms with Crippen molar-refractivity contribution in [1.82, 2.24) is 9.61 Å². The topological polar surface area (TPSA) is 69.6 Å². The van der Waals surface area contributed by atoms with Crippen LogP contribution in [-0.2, 0) is 4.74 Å². The molecule has 3 aromatic rings. The zero-order chi connectivity index (χ0) is 16.6. The van der Waals surface area contributed by atoms with Gasteiger partial charge < -0.3 is 10.5 Å². The first-order valence-electron chi connectivity index (χ1n) is 6.77. The van der Waals surface area contributed by atoms with Gasteiger partial charge in [0.2, 0.25) is 0 Å². The van der Waals surface area contributed by atoms with Crippen molar-refractivity contribution in [1.29, 1.82) is 0 Å². The van der Waals surface area contributed by atoms with Crippen molar-refractivity contribution in [2.24, 2.45) is 5.73 Å². The SMILES string of the molecule is COC(c1cccc(F)c1)c1c(C(N)=O)cc(Cl)c2ccnn12. The number of carbonyl (C=O) groups is 1. The van der Waals surface area contributed by atoms with E-state index in [4.69, 9.17) is 22.1 Å². The predicted octanol–water partition coefficient (Wildman–Crippen LogP) is 2.96. The van der Waals surface area contributed by atoms with Gasteiger partial charge in [-0.3, -0.25) is 4.79 Å². The highest BCUT2D eigenvalue weighted by Gasteiger charge is 2.25.